The van der Waals surface area contributed by atoms with E-state index in [2.05, 4.69) is 5.32 Å². The summed E-state index contributed by atoms with van der Waals surface area (Å²) in [4.78, 5) is 11.8. The van der Waals surface area contributed by atoms with Crippen molar-refractivity contribution in [2.75, 3.05) is 6.54 Å². The summed E-state index contributed by atoms with van der Waals surface area (Å²) in [5.41, 5.74) is 4.94. The van der Waals surface area contributed by atoms with Crippen LogP contribution in [0.2, 0.25) is 0 Å². The number of carbonyl (C=O) groups is 1. The van der Waals surface area contributed by atoms with E-state index in [0.29, 0.717) is 0 Å². The molecular weight excluding hydrogens is 254 g/mol. The van der Waals surface area contributed by atoms with Crippen LogP contribution < -0.4 is 15.8 Å². The van der Waals surface area contributed by atoms with Crippen molar-refractivity contribution >= 4 is 5.91 Å². The fourth-order valence-corrected chi connectivity index (χ4v) is 1.29. The molecule has 0 spiro atoms. The molecule has 0 bridgehead atoms. The van der Waals surface area contributed by atoms with Crippen LogP contribution in [-0.4, -0.2) is 24.1 Å². The molecule has 1 aromatic rings. The third-order valence-electron chi connectivity index (χ3n) is 2.55. The number of nitrogens with two attached hydrogens (primary N) is 1. The van der Waals surface area contributed by atoms with Gasteiger partial charge in [-0.1, -0.05) is 0 Å². The second-order valence-corrected chi connectivity index (χ2v) is 4.91. The van der Waals surface area contributed by atoms with E-state index in [9.17, 15) is 13.6 Å². The summed E-state index contributed by atoms with van der Waals surface area (Å²) in [5, 5.41) is 2.70. The molecular formula is C13H18F2N2O2. The van der Waals surface area contributed by atoms with E-state index in [-0.39, 0.29) is 18.2 Å². The number of hydrogen-bond acceptors (Lipinski definition) is 3. The SMILES string of the molecule is CC(Oc1ccc(F)c(F)c1)C(=O)NC(C)(C)CN. The van der Waals surface area contributed by atoms with Crippen LogP contribution in [0.4, 0.5) is 8.78 Å². The molecule has 19 heavy (non-hydrogen) atoms. The first-order chi connectivity index (χ1) is 8.75. The number of ether oxygens (including phenoxy) is 1. The van der Waals surface area contributed by atoms with Gasteiger partial charge in [-0.25, -0.2) is 8.78 Å². The molecule has 0 aliphatic rings. The largest absolute Gasteiger partial charge is 0.481 e. The summed E-state index contributed by atoms with van der Waals surface area (Å²) in [7, 11) is 0. The highest BCUT2D eigenvalue weighted by molar-refractivity contribution is 5.81. The molecule has 0 aromatic heterocycles. The van der Waals surface area contributed by atoms with E-state index in [1.165, 1.54) is 13.0 Å². The first kappa shape index (κ1) is 15.4. The Balaban J connectivity index is 2.66. The second kappa shape index (κ2) is 5.97. The van der Waals surface area contributed by atoms with E-state index in [1.54, 1.807) is 13.8 Å². The van der Waals surface area contributed by atoms with Crippen LogP contribution in [0.25, 0.3) is 0 Å². The Morgan fingerprint density at radius 3 is 2.58 bits per heavy atom. The minimum Gasteiger partial charge on any atom is -0.481 e. The molecule has 4 nitrogen and oxygen atoms in total. The van der Waals surface area contributed by atoms with E-state index >= 15 is 0 Å². The average molecular weight is 272 g/mol. The molecule has 3 N–H and O–H groups in total. The molecule has 0 saturated carbocycles. The van der Waals surface area contributed by atoms with E-state index in [1.807, 2.05) is 0 Å². The van der Waals surface area contributed by atoms with Gasteiger partial charge in [0.2, 0.25) is 0 Å². The number of nitrogens with one attached hydrogen (secondary N) is 1. The highest BCUT2D eigenvalue weighted by Gasteiger charge is 2.23. The number of rotatable bonds is 5. The number of carbonyl (C=O) groups excluding carboxylic acids is 1. The molecule has 0 fully saturated rings. The van der Waals surface area contributed by atoms with Crippen LogP contribution in [0.15, 0.2) is 18.2 Å². The first-order valence-electron chi connectivity index (χ1n) is 5.89. The van der Waals surface area contributed by atoms with Crippen LogP contribution in [0, 0.1) is 11.6 Å². The van der Waals surface area contributed by atoms with Gasteiger partial charge in [0, 0.05) is 18.2 Å². The van der Waals surface area contributed by atoms with Crippen LogP contribution in [0.3, 0.4) is 0 Å². The van der Waals surface area contributed by atoms with Crippen molar-refractivity contribution in [3.8, 4) is 5.75 Å². The van der Waals surface area contributed by atoms with Gasteiger partial charge < -0.3 is 15.8 Å². The smallest absolute Gasteiger partial charge is 0.261 e. The Labute approximate surface area is 110 Å². The number of benzene rings is 1. The van der Waals surface area contributed by atoms with E-state index in [4.69, 9.17) is 10.5 Å². The molecule has 0 aliphatic carbocycles. The van der Waals surface area contributed by atoms with Gasteiger partial charge in [-0.05, 0) is 32.9 Å². The highest BCUT2D eigenvalue weighted by atomic mass is 19.2. The average Bonchev–Trinajstić information content (AvgIpc) is 2.33. The van der Waals surface area contributed by atoms with Crippen LogP contribution >= 0.6 is 0 Å². The lowest BCUT2D eigenvalue weighted by molar-refractivity contribution is -0.128. The summed E-state index contributed by atoms with van der Waals surface area (Å²) in [6.07, 6.45) is -0.837. The maximum absolute atomic E-state index is 13.0. The third kappa shape index (κ3) is 4.48. The minimum atomic E-state index is -1.02. The highest BCUT2D eigenvalue weighted by Crippen LogP contribution is 2.17. The van der Waals surface area contributed by atoms with Crippen molar-refractivity contribution in [2.45, 2.75) is 32.4 Å². The van der Waals surface area contributed by atoms with Gasteiger partial charge in [-0.15, -0.1) is 0 Å². The molecule has 6 heteroatoms. The van der Waals surface area contributed by atoms with Crippen LogP contribution in [0.5, 0.6) is 5.75 Å². The molecule has 0 saturated heterocycles. The molecule has 1 rings (SSSR count). The molecule has 0 aliphatic heterocycles. The van der Waals surface area contributed by atoms with Crippen LogP contribution in [0.1, 0.15) is 20.8 Å². The Morgan fingerprint density at radius 1 is 1.42 bits per heavy atom. The number of amides is 1. The Bertz CT molecular complexity index is 464. The molecule has 1 atom stereocenters. The quantitative estimate of drug-likeness (QED) is 0.855. The predicted octanol–water partition coefficient (Wildman–Crippen LogP) is 1.59. The monoisotopic (exact) mass is 272 g/mol. The molecule has 1 aromatic carbocycles. The minimum absolute atomic E-state index is 0.0899. The van der Waals surface area contributed by atoms with Crippen molar-refractivity contribution in [1.82, 2.24) is 5.32 Å². The third-order valence-corrected chi connectivity index (χ3v) is 2.55. The Morgan fingerprint density at radius 2 is 2.05 bits per heavy atom. The molecule has 0 heterocycles. The normalized spacial score (nSPS) is 12.9. The first-order valence-corrected chi connectivity index (χ1v) is 5.89. The summed E-state index contributed by atoms with van der Waals surface area (Å²) in [5.74, 6) is -2.27. The van der Waals surface area contributed by atoms with Crippen molar-refractivity contribution < 1.29 is 18.3 Å². The number of halogens is 2. The van der Waals surface area contributed by atoms with Gasteiger partial charge >= 0.3 is 0 Å². The predicted molar refractivity (Wildman–Crippen MR) is 67.7 cm³/mol. The number of hydrogen-bond donors (Lipinski definition) is 2. The summed E-state index contributed by atoms with van der Waals surface area (Å²) >= 11 is 0. The van der Waals surface area contributed by atoms with Crippen molar-refractivity contribution in [1.29, 1.82) is 0 Å². The Kier molecular flexibility index (Phi) is 4.83. The zero-order valence-electron chi connectivity index (χ0n) is 11.2. The summed E-state index contributed by atoms with van der Waals surface area (Å²) in [6, 6.07) is 3.10. The molecule has 106 valence electrons. The van der Waals surface area contributed by atoms with Gasteiger partial charge in [0.15, 0.2) is 17.7 Å². The van der Waals surface area contributed by atoms with Gasteiger partial charge in [-0.2, -0.15) is 0 Å². The maximum atomic E-state index is 13.0. The molecule has 1 amide bonds. The fraction of sp³-hybridized carbons (Fsp3) is 0.462. The molecule has 1 unspecified atom stereocenters. The van der Waals surface area contributed by atoms with Crippen molar-refractivity contribution in [2.24, 2.45) is 5.73 Å². The van der Waals surface area contributed by atoms with E-state index < -0.39 is 23.3 Å². The lowest BCUT2D eigenvalue weighted by atomic mass is 10.1. The van der Waals surface area contributed by atoms with Gasteiger partial charge in [0.1, 0.15) is 5.75 Å². The Hall–Kier alpha value is -1.69. The van der Waals surface area contributed by atoms with Gasteiger partial charge in [0.05, 0.1) is 0 Å². The lowest BCUT2D eigenvalue weighted by Crippen LogP contribution is -2.52. The van der Waals surface area contributed by atoms with Crippen molar-refractivity contribution in [3.63, 3.8) is 0 Å². The lowest BCUT2D eigenvalue weighted by Gasteiger charge is -2.26. The topological polar surface area (TPSA) is 64.3 Å². The zero-order valence-corrected chi connectivity index (χ0v) is 11.2. The standard InChI is InChI=1S/C13H18F2N2O2/c1-8(12(18)17-13(2,3)7-16)19-9-4-5-10(14)11(15)6-9/h4-6,8H,7,16H2,1-3H3,(H,17,18). The molecule has 0 radical (unpaired) electrons. The fourth-order valence-electron chi connectivity index (χ4n) is 1.29. The van der Waals surface area contributed by atoms with Gasteiger partial charge in [0.25, 0.3) is 5.91 Å². The summed E-state index contributed by atoms with van der Waals surface area (Å²) < 4.78 is 31.0. The maximum Gasteiger partial charge on any atom is 0.261 e. The van der Waals surface area contributed by atoms with Gasteiger partial charge in [-0.3, -0.25) is 4.79 Å². The zero-order chi connectivity index (χ0) is 14.6. The second-order valence-electron chi connectivity index (χ2n) is 4.91. The summed E-state index contributed by atoms with van der Waals surface area (Å²) in [6.45, 7) is 5.34. The van der Waals surface area contributed by atoms with Crippen molar-refractivity contribution in [3.05, 3.63) is 29.8 Å². The van der Waals surface area contributed by atoms with Crippen LogP contribution in [-0.2, 0) is 4.79 Å². The van der Waals surface area contributed by atoms with E-state index in [0.717, 1.165) is 12.1 Å².